The van der Waals surface area contributed by atoms with Gasteiger partial charge in [-0.05, 0) is 37.1 Å². The molecule has 0 saturated heterocycles. The highest BCUT2D eigenvalue weighted by Gasteiger charge is 2.31. The molecule has 134 valence electrons. The molecule has 0 spiro atoms. The van der Waals surface area contributed by atoms with E-state index in [1.165, 1.54) is 5.56 Å². The zero-order valence-electron chi connectivity index (χ0n) is 15.0. The summed E-state index contributed by atoms with van der Waals surface area (Å²) in [5.41, 5.74) is 1.67. The van der Waals surface area contributed by atoms with Crippen LogP contribution in [0.4, 0.5) is 4.79 Å². The Morgan fingerprint density at radius 1 is 1.12 bits per heavy atom. The Labute approximate surface area is 145 Å². The molecule has 5 nitrogen and oxygen atoms in total. The number of aliphatic hydroxyl groups is 1. The number of carbonyl (C=O) groups is 1. The topological polar surface area (TPSA) is 64.6 Å². The molecular weight excluding hydrogens is 302 g/mol. The van der Waals surface area contributed by atoms with E-state index in [0.29, 0.717) is 13.1 Å². The predicted octanol–water partition coefficient (Wildman–Crippen LogP) is 2.63. The molecule has 1 aliphatic rings. The number of rotatable bonds is 8. The van der Waals surface area contributed by atoms with Crippen LogP contribution in [-0.2, 0) is 13.1 Å². The van der Waals surface area contributed by atoms with E-state index in [2.05, 4.69) is 41.5 Å². The second kappa shape index (κ2) is 9.04. The number of nitrogens with one attached hydrogen (secondary N) is 2. The lowest BCUT2D eigenvalue weighted by atomic mass is 10.0. The summed E-state index contributed by atoms with van der Waals surface area (Å²) in [6.07, 6.45) is 3.64. The Balaban J connectivity index is 1.83. The number of hydrogen-bond donors (Lipinski definition) is 3. The second-order valence-corrected chi connectivity index (χ2v) is 6.70. The van der Waals surface area contributed by atoms with Gasteiger partial charge in [-0.25, -0.2) is 4.79 Å². The van der Waals surface area contributed by atoms with Crippen molar-refractivity contribution in [3.8, 4) is 0 Å². The molecule has 3 N–H and O–H groups in total. The first-order chi connectivity index (χ1) is 11.6. The van der Waals surface area contributed by atoms with Gasteiger partial charge in [0.15, 0.2) is 0 Å². The summed E-state index contributed by atoms with van der Waals surface area (Å²) < 4.78 is 0. The maximum Gasteiger partial charge on any atom is 0.315 e. The van der Waals surface area contributed by atoms with Crippen LogP contribution in [0.5, 0.6) is 0 Å². The lowest BCUT2D eigenvalue weighted by molar-refractivity contribution is 0.0501. The molecule has 0 radical (unpaired) electrons. The average molecular weight is 333 g/mol. The largest absolute Gasteiger partial charge is 0.388 e. The number of nitrogens with zero attached hydrogens (tertiary/aromatic N) is 1. The maximum atomic E-state index is 12.0. The van der Waals surface area contributed by atoms with Crippen LogP contribution in [0.3, 0.4) is 0 Å². The number of carbonyl (C=O) groups excluding carboxylic acids is 1. The summed E-state index contributed by atoms with van der Waals surface area (Å²) in [4.78, 5) is 14.4. The molecule has 5 heteroatoms. The van der Waals surface area contributed by atoms with Crippen molar-refractivity contribution in [2.45, 2.75) is 58.2 Å². The van der Waals surface area contributed by atoms with Crippen LogP contribution in [0.2, 0.25) is 0 Å². The molecule has 0 unspecified atom stereocenters. The standard InChI is InChI=1S/C19H31N3O2/c1-3-22(4-2)14-17-10-6-5-9-16(17)13-20-18(23)21-15-19(24)11-7-8-12-19/h5-6,9-10,24H,3-4,7-8,11-15H2,1-2H3,(H2,20,21,23). The third-order valence-electron chi connectivity index (χ3n) is 4.96. The predicted molar refractivity (Wildman–Crippen MR) is 96.7 cm³/mol. The summed E-state index contributed by atoms with van der Waals surface area (Å²) >= 11 is 0. The van der Waals surface area contributed by atoms with Crippen LogP contribution in [-0.4, -0.2) is 41.3 Å². The minimum Gasteiger partial charge on any atom is -0.388 e. The zero-order chi connectivity index (χ0) is 17.4. The number of urea groups is 1. The van der Waals surface area contributed by atoms with Crippen LogP contribution in [0.25, 0.3) is 0 Å². The summed E-state index contributed by atoms with van der Waals surface area (Å²) in [5.74, 6) is 0. The maximum absolute atomic E-state index is 12.0. The van der Waals surface area contributed by atoms with E-state index >= 15 is 0 Å². The van der Waals surface area contributed by atoms with Crippen molar-refractivity contribution in [2.24, 2.45) is 0 Å². The minimum atomic E-state index is -0.710. The molecule has 1 aromatic rings. The third kappa shape index (κ3) is 5.49. The van der Waals surface area contributed by atoms with Gasteiger partial charge in [0.05, 0.1) is 5.60 Å². The first kappa shape index (κ1) is 18.7. The zero-order valence-corrected chi connectivity index (χ0v) is 15.0. The van der Waals surface area contributed by atoms with Crippen molar-refractivity contribution < 1.29 is 9.90 Å². The third-order valence-corrected chi connectivity index (χ3v) is 4.96. The van der Waals surface area contributed by atoms with Crippen LogP contribution in [0.1, 0.15) is 50.7 Å². The van der Waals surface area contributed by atoms with E-state index in [1.54, 1.807) is 0 Å². The molecule has 2 amide bonds. The molecule has 0 atom stereocenters. The molecule has 0 aromatic heterocycles. The molecule has 2 rings (SSSR count). The number of benzene rings is 1. The summed E-state index contributed by atoms with van der Waals surface area (Å²) in [5, 5.41) is 16.0. The highest BCUT2D eigenvalue weighted by molar-refractivity contribution is 5.73. The van der Waals surface area contributed by atoms with E-state index in [9.17, 15) is 9.90 Å². The van der Waals surface area contributed by atoms with Crippen molar-refractivity contribution in [1.82, 2.24) is 15.5 Å². The van der Waals surface area contributed by atoms with Gasteiger partial charge in [0, 0.05) is 19.6 Å². The average Bonchev–Trinajstić information content (AvgIpc) is 3.04. The fourth-order valence-electron chi connectivity index (χ4n) is 3.27. The first-order valence-electron chi connectivity index (χ1n) is 9.09. The van der Waals surface area contributed by atoms with Crippen molar-refractivity contribution in [3.63, 3.8) is 0 Å². The first-order valence-corrected chi connectivity index (χ1v) is 9.09. The monoisotopic (exact) mass is 333 g/mol. The Bertz CT molecular complexity index is 523. The summed E-state index contributed by atoms with van der Waals surface area (Å²) in [6, 6.07) is 8.01. The fraction of sp³-hybridized carbons (Fsp3) is 0.632. The van der Waals surface area contributed by atoms with Gasteiger partial charge in [0.25, 0.3) is 0 Å². The molecule has 1 saturated carbocycles. The van der Waals surface area contributed by atoms with Gasteiger partial charge in [-0.1, -0.05) is 51.0 Å². The van der Waals surface area contributed by atoms with Gasteiger partial charge in [0.1, 0.15) is 0 Å². The molecule has 24 heavy (non-hydrogen) atoms. The van der Waals surface area contributed by atoms with Gasteiger partial charge < -0.3 is 15.7 Å². The normalized spacial score (nSPS) is 16.3. The van der Waals surface area contributed by atoms with Gasteiger partial charge in [0.2, 0.25) is 0 Å². The van der Waals surface area contributed by atoms with Gasteiger partial charge in [-0.15, -0.1) is 0 Å². The minimum absolute atomic E-state index is 0.215. The fourth-order valence-corrected chi connectivity index (χ4v) is 3.27. The van der Waals surface area contributed by atoms with E-state index in [-0.39, 0.29) is 6.03 Å². The van der Waals surface area contributed by atoms with Crippen LogP contribution >= 0.6 is 0 Å². The van der Waals surface area contributed by atoms with E-state index in [4.69, 9.17) is 0 Å². The van der Waals surface area contributed by atoms with Crippen LogP contribution in [0.15, 0.2) is 24.3 Å². The molecule has 1 aromatic carbocycles. The highest BCUT2D eigenvalue weighted by Crippen LogP contribution is 2.28. The highest BCUT2D eigenvalue weighted by atomic mass is 16.3. The smallest absolute Gasteiger partial charge is 0.315 e. The molecule has 0 heterocycles. The molecular formula is C19H31N3O2. The Kier molecular flexibility index (Phi) is 7.06. The number of amides is 2. The SMILES string of the molecule is CCN(CC)Cc1ccccc1CNC(=O)NCC1(O)CCCC1. The Morgan fingerprint density at radius 3 is 2.38 bits per heavy atom. The molecule has 1 fully saturated rings. The van der Waals surface area contributed by atoms with Crippen LogP contribution < -0.4 is 10.6 Å². The van der Waals surface area contributed by atoms with Gasteiger partial charge in [-0.3, -0.25) is 4.90 Å². The van der Waals surface area contributed by atoms with Crippen molar-refractivity contribution in [1.29, 1.82) is 0 Å². The van der Waals surface area contributed by atoms with E-state index < -0.39 is 5.60 Å². The van der Waals surface area contributed by atoms with Crippen LogP contribution in [0, 0.1) is 0 Å². The lowest BCUT2D eigenvalue weighted by Gasteiger charge is -2.23. The molecule has 1 aliphatic carbocycles. The second-order valence-electron chi connectivity index (χ2n) is 6.70. The Morgan fingerprint density at radius 2 is 1.75 bits per heavy atom. The van der Waals surface area contributed by atoms with E-state index in [0.717, 1.165) is 50.9 Å². The van der Waals surface area contributed by atoms with Crippen molar-refractivity contribution in [2.75, 3.05) is 19.6 Å². The molecule has 0 bridgehead atoms. The van der Waals surface area contributed by atoms with Crippen molar-refractivity contribution in [3.05, 3.63) is 35.4 Å². The quantitative estimate of drug-likeness (QED) is 0.685. The summed E-state index contributed by atoms with van der Waals surface area (Å²) in [6.45, 7) is 8.07. The Hall–Kier alpha value is -1.59. The lowest BCUT2D eigenvalue weighted by Crippen LogP contribution is -2.44. The van der Waals surface area contributed by atoms with Gasteiger partial charge >= 0.3 is 6.03 Å². The number of hydrogen-bond acceptors (Lipinski definition) is 3. The summed E-state index contributed by atoms with van der Waals surface area (Å²) in [7, 11) is 0. The van der Waals surface area contributed by atoms with Crippen molar-refractivity contribution >= 4 is 6.03 Å². The van der Waals surface area contributed by atoms with E-state index in [1.807, 2.05) is 12.1 Å². The molecule has 0 aliphatic heterocycles. The van der Waals surface area contributed by atoms with Gasteiger partial charge in [-0.2, -0.15) is 0 Å².